The molecule has 1 aliphatic carbocycles. The number of amides is 1. The lowest BCUT2D eigenvalue weighted by molar-refractivity contribution is -0.138. The zero-order valence-corrected chi connectivity index (χ0v) is 17.8. The molecule has 174 valence electrons. The number of nitrogens with zero attached hydrogens (tertiary/aromatic N) is 3. The van der Waals surface area contributed by atoms with E-state index in [9.17, 15) is 18.0 Å². The van der Waals surface area contributed by atoms with E-state index in [0.29, 0.717) is 25.1 Å². The molecule has 0 aromatic carbocycles. The van der Waals surface area contributed by atoms with Crippen molar-refractivity contribution >= 4 is 17.8 Å². The number of likely N-dealkylation sites (tertiary alicyclic amines) is 1. The standard InChI is InChI=1S/C23H24F3N5O2/c24-18-9-17(18)22(32)31-15-1-2-16(31)12-30(11-15)20(3-5-27)19-7-14(10-29-19)13-4-6-28-21(8-13)33-23(25)26/h3-8,10,15-18,23,27,29H,1-2,9,11-12H2/b20-3+,27-5?/t15?,16?,17-,18-/m1/s1. The van der Waals surface area contributed by atoms with E-state index in [2.05, 4.69) is 19.6 Å². The van der Waals surface area contributed by atoms with Gasteiger partial charge in [-0.25, -0.2) is 9.37 Å². The van der Waals surface area contributed by atoms with Crippen molar-refractivity contribution in [2.75, 3.05) is 13.1 Å². The maximum Gasteiger partial charge on any atom is 0.388 e. The Hall–Kier alpha value is -3.30. The molecule has 1 saturated carbocycles. The number of alkyl halides is 3. The van der Waals surface area contributed by atoms with Crippen LogP contribution >= 0.6 is 0 Å². The van der Waals surface area contributed by atoms with E-state index in [1.54, 1.807) is 18.3 Å². The first-order chi connectivity index (χ1) is 15.9. The number of H-pyrrole nitrogens is 1. The minimum Gasteiger partial charge on any atom is -0.417 e. The summed E-state index contributed by atoms with van der Waals surface area (Å²) in [6.45, 7) is -1.73. The number of aromatic nitrogens is 2. The molecule has 2 N–H and O–H groups in total. The molecule has 2 aromatic heterocycles. The van der Waals surface area contributed by atoms with Crippen molar-refractivity contribution < 1.29 is 22.7 Å². The van der Waals surface area contributed by atoms with E-state index in [1.165, 1.54) is 18.5 Å². The molecule has 1 amide bonds. The van der Waals surface area contributed by atoms with Crippen molar-refractivity contribution in [1.82, 2.24) is 19.8 Å². The Morgan fingerprint density at radius 1 is 1.24 bits per heavy atom. The second kappa shape index (κ2) is 8.57. The van der Waals surface area contributed by atoms with Crippen molar-refractivity contribution in [2.24, 2.45) is 5.92 Å². The number of piperazine rings is 1. The first-order valence-electron chi connectivity index (χ1n) is 11.0. The summed E-state index contributed by atoms with van der Waals surface area (Å²) in [4.78, 5) is 23.8. The lowest BCUT2D eigenvalue weighted by Crippen LogP contribution is -2.55. The van der Waals surface area contributed by atoms with Crippen molar-refractivity contribution in [2.45, 2.75) is 44.1 Å². The number of pyridine rings is 1. The van der Waals surface area contributed by atoms with Crippen molar-refractivity contribution in [3.05, 3.63) is 42.4 Å². The van der Waals surface area contributed by atoms with Crippen LogP contribution in [0.15, 0.2) is 36.7 Å². The van der Waals surface area contributed by atoms with Crippen LogP contribution in [0.5, 0.6) is 5.88 Å². The largest absolute Gasteiger partial charge is 0.417 e. The highest BCUT2D eigenvalue weighted by molar-refractivity contribution is 5.84. The minimum atomic E-state index is -2.95. The lowest BCUT2D eigenvalue weighted by Gasteiger charge is -2.43. The van der Waals surface area contributed by atoms with Crippen LogP contribution in [-0.4, -0.2) is 69.8 Å². The first-order valence-corrected chi connectivity index (χ1v) is 11.0. The van der Waals surface area contributed by atoms with Gasteiger partial charge in [-0.2, -0.15) is 8.78 Å². The molecule has 3 aliphatic rings. The molecule has 10 heteroatoms. The number of halogens is 3. The van der Waals surface area contributed by atoms with Crippen LogP contribution in [0, 0.1) is 11.3 Å². The van der Waals surface area contributed by atoms with Gasteiger partial charge in [0.2, 0.25) is 11.8 Å². The van der Waals surface area contributed by atoms with Crippen molar-refractivity contribution in [3.8, 4) is 17.0 Å². The molecule has 2 bridgehead atoms. The minimum absolute atomic E-state index is 0.0295. The van der Waals surface area contributed by atoms with Gasteiger partial charge in [-0.15, -0.1) is 0 Å². The third-order valence-corrected chi connectivity index (χ3v) is 6.59. The number of carbonyl (C=O) groups excluding carboxylic acids is 1. The lowest BCUT2D eigenvalue weighted by atomic mass is 10.1. The summed E-state index contributed by atoms with van der Waals surface area (Å²) >= 11 is 0. The van der Waals surface area contributed by atoms with E-state index in [1.807, 2.05) is 11.0 Å². The van der Waals surface area contributed by atoms with Crippen LogP contribution in [0.4, 0.5) is 13.2 Å². The van der Waals surface area contributed by atoms with Gasteiger partial charge in [-0.1, -0.05) is 0 Å². The number of allylic oxidation sites excluding steroid dienone is 1. The van der Waals surface area contributed by atoms with Crippen LogP contribution in [0.1, 0.15) is 25.0 Å². The number of rotatable bonds is 7. The molecule has 2 saturated heterocycles. The van der Waals surface area contributed by atoms with Crippen molar-refractivity contribution in [3.63, 3.8) is 0 Å². The zero-order chi connectivity index (χ0) is 23.1. The number of aromatic amines is 1. The molecule has 5 rings (SSSR count). The average molecular weight is 459 g/mol. The van der Waals surface area contributed by atoms with E-state index < -0.39 is 18.7 Å². The topological polar surface area (TPSA) is 85.3 Å². The zero-order valence-electron chi connectivity index (χ0n) is 17.8. The fourth-order valence-corrected chi connectivity index (χ4v) is 4.97. The van der Waals surface area contributed by atoms with E-state index in [0.717, 1.165) is 29.8 Å². The molecule has 4 heterocycles. The maximum atomic E-state index is 13.5. The average Bonchev–Trinajstić information content (AvgIpc) is 3.21. The highest BCUT2D eigenvalue weighted by atomic mass is 19.3. The highest BCUT2D eigenvalue weighted by Crippen LogP contribution is 2.41. The third kappa shape index (κ3) is 4.21. The second-order valence-electron chi connectivity index (χ2n) is 8.68. The summed E-state index contributed by atoms with van der Waals surface area (Å²) in [5.74, 6) is -0.695. The van der Waals surface area contributed by atoms with Gasteiger partial charge in [-0.05, 0) is 43.0 Å². The van der Waals surface area contributed by atoms with Gasteiger partial charge in [0.15, 0.2) is 0 Å². The Bertz CT molecular complexity index is 1070. The van der Waals surface area contributed by atoms with Gasteiger partial charge < -0.3 is 24.9 Å². The smallest absolute Gasteiger partial charge is 0.388 e. The van der Waals surface area contributed by atoms with Crippen LogP contribution in [0.3, 0.4) is 0 Å². The summed E-state index contributed by atoms with van der Waals surface area (Å²) in [5, 5.41) is 7.63. The molecule has 2 aromatic rings. The summed E-state index contributed by atoms with van der Waals surface area (Å²) in [5.41, 5.74) is 3.01. The fourth-order valence-electron chi connectivity index (χ4n) is 4.97. The molecule has 7 nitrogen and oxygen atoms in total. The third-order valence-electron chi connectivity index (χ3n) is 6.59. The molecule has 2 aliphatic heterocycles. The number of hydrogen-bond donors (Lipinski definition) is 2. The Morgan fingerprint density at radius 2 is 1.97 bits per heavy atom. The Kier molecular flexibility index (Phi) is 5.59. The monoisotopic (exact) mass is 459 g/mol. The van der Waals surface area contributed by atoms with Gasteiger partial charge in [0.25, 0.3) is 0 Å². The number of fused-ring (bicyclic) bond motifs is 2. The molecule has 33 heavy (non-hydrogen) atoms. The van der Waals surface area contributed by atoms with E-state index in [4.69, 9.17) is 5.41 Å². The van der Waals surface area contributed by atoms with Crippen LogP contribution in [-0.2, 0) is 4.79 Å². The van der Waals surface area contributed by atoms with E-state index in [-0.39, 0.29) is 23.9 Å². The quantitative estimate of drug-likeness (QED) is 0.619. The predicted molar refractivity (Wildman–Crippen MR) is 116 cm³/mol. The number of nitrogens with one attached hydrogen (secondary N) is 2. The fraction of sp³-hybridized carbons (Fsp3) is 0.435. The SMILES string of the molecule is N=C/C=C(\c1cc(-c2ccnc(OC(F)F)c2)c[nH]1)N1CC2CCC(C1)N2C(=O)[C@@H]1C[C@H]1F. The summed E-state index contributed by atoms with van der Waals surface area (Å²) in [7, 11) is 0. The molecule has 0 spiro atoms. The summed E-state index contributed by atoms with van der Waals surface area (Å²) in [6, 6.07) is 5.09. The molecule has 2 unspecified atom stereocenters. The Labute approximate surface area is 188 Å². The second-order valence-corrected chi connectivity index (χ2v) is 8.68. The van der Waals surface area contributed by atoms with Crippen LogP contribution < -0.4 is 4.74 Å². The number of hydrogen-bond acceptors (Lipinski definition) is 5. The van der Waals surface area contributed by atoms with E-state index >= 15 is 0 Å². The molecule has 4 atom stereocenters. The molecular formula is C23H24F3N5O2. The van der Waals surface area contributed by atoms with Crippen molar-refractivity contribution in [1.29, 1.82) is 5.41 Å². The van der Waals surface area contributed by atoms with Crippen LogP contribution in [0.25, 0.3) is 16.8 Å². The maximum absolute atomic E-state index is 13.5. The predicted octanol–water partition coefficient (Wildman–Crippen LogP) is 3.70. The molecule has 3 fully saturated rings. The van der Waals surface area contributed by atoms with Gasteiger partial charge in [0.1, 0.15) is 6.17 Å². The molecule has 0 radical (unpaired) electrons. The Balaban J connectivity index is 1.35. The summed E-state index contributed by atoms with van der Waals surface area (Å²) in [6.07, 6.45) is 7.18. The highest BCUT2D eigenvalue weighted by Gasteiger charge is 2.51. The molecular weight excluding hydrogens is 435 g/mol. The normalized spacial score (nSPS) is 26.6. The number of carbonyl (C=O) groups is 1. The van der Waals surface area contributed by atoms with Gasteiger partial charge in [0, 0.05) is 55.4 Å². The van der Waals surface area contributed by atoms with Gasteiger partial charge in [-0.3, -0.25) is 4.79 Å². The van der Waals surface area contributed by atoms with Gasteiger partial charge >= 0.3 is 6.61 Å². The van der Waals surface area contributed by atoms with Crippen LogP contribution in [0.2, 0.25) is 0 Å². The number of ether oxygens (including phenoxy) is 1. The Morgan fingerprint density at radius 3 is 2.61 bits per heavy atom. The van der Waals surface area contributed by atoms with Gasteiger partial charge in [0.05, 0.1) is 17.3 Å². The summed E-state index contributed by atoms with van der Waals surface area (Å²) < 4.78 is 42.9. The first kappa shape index (κ1) is 21.5.